The fraction of sp³-hybridized carbons (Fsp3) is 0.643. The monoisotopic (exact) mass is 281 g/mol. The maximum Gasteiger partial charge on any atom is 0.250 e. The molecule has 0 amide bonds. The van der Waals surface area contributed by atoms with Crippen molar-refractivity contribution >= 4 is 5.69 Å². The Balaban J connectivity index is 1.87. The number of aromatic nitrogens is 1. The van der Waals surface area contributed by atoms with Crippen molar-refractivity contribution in [2.45, 2.75) is 25.0 Å². The van der Waals surface area contributed by atoms with E-state index in [0.29, 0.717) is 51.4 Å². The number of pyridine rings is 1. The van der Waals surface area contributed by atoms with E-state index in [9.17, 15) is 9.90 Å². The van der Waals surface area contributed by atoms with Crippen LogP contribution in [0.5, 0.6) is 0 Å². The normalized spacial score (nSPS) is 18.4. The summed E-state index contributed by atoms with van der Waals surface area (Å²) in [5.41, 5.74) is 5.53. The number of nitrogen functional groups attached to an aromatic ring is 1. The molecule has 0 spiro atoms. The highest BCUT2D eigenvalue weighted by molar-refractivity contribution is 5.33. The molecule has 0 atom stereocenters. The topological polar surface area (TPSA) is 80.7 Å². The second kappa shape index (κ2) is 6.39. The highest BCUT2D eigenvalue weighted by Crippen LogP contribution is 2.21. The Morgan fingerprint density at radius 1 is 1.45 bits per heavy atom. The average Bonchev–Trinajstić information content (AvgIpc) is 2.40. The number of anilines is 1. The van der Waals surface area contributed by atoms with Crippen molar-refractivity contribution in [2.24, 2.45) is 0 Å². The third-order valence-corrected chi connectivity index (χ3v) is 3.72. The standard InChI is InChI=1S/C14H23N3O3/c1-16(11-14(19)4-8-20-9-5-14)6-7-17-10-12(15)2-3-13(17)18/h2-3,10,19H,4-9,11,15H2,1H3. The lowest BCUT2D eigenvalue weighted by molar-refractivity contribution is -0.0770. The van der Waals surface area contributed by atoms with Gasteiger partial charge >= 0.3 is 0 Å². The van der Waals surface area contributed by atoms with Gasteiger partial charge in [-0.1, -0.05) is 0 Å². The number of hydrogen-bond acceptors (Lipinski definition) is 5. The first kappa shape index (κ1) is 15.0. The van der Waals surface area contributed by atoms with E-state index in [-0.39, 0.29) is 5.56 Å². The SMILES string of the molecule is CN(CCn1cc(N)ccc1=O)CC1(O)CCOCC1. The minimum absolute atomic E-state index is 0.0580. The van der Waals surface area contributed by atoms with Crippen LogP contribution in [0.25, 0.3) is 0 Å². The quantitative estimate of drug-likeness (QED) is 0.788. The molecule has 6 nitrogen and oxygen atoms in total. The van der Waals surface area contributed by atoms with Crippen LogP contribution in [0.4, 0.5) is 5.69 Å². The van der Waals surface area contributed by atoms with E-state index >= 15 is 0 Å². The van der Waals surface area contributed by atoms with Crippen molar-refractivity contribution in [3.8, 4) is 0 Å². The molecular formula is C14H23N3O3. The highest BCUT2D eigenvalue weighted by atomic mass is 16.5. The van der Waals surface area contributed by atoms with Gasteiger partial charge in [0.05, 0.1) is 5.60 Å². The van der Waals surface area contributed by atoms with E-state index in [2.05, 4.69) is 0 Å². The molecule has 20 heavy (non-hydrogen) atoms. The van der Waals surface area contributed by atoms with Crippen LogP contribution in [0.2, 0.25) is 0 Å². The predicted molar refractivity (Wildman–Crippen MR) is 77.6 cm³/mol. The zero-order valence-corrected chi connectivity index (χ0v) is 11.9. The summed E-state index contributed by atoms with van der Waals surface area (Å²) >= 11 is 0. The molecule has 6 heteroatoms. The molecule has 0 bridgehead atoms. The van der Waals surface area contributed by atoms with Gasteiger partial charge in [0.2, 0.25) is 0 Å². The molecule has 3 N–H and O–H groups in total. The maximum absolute atomic E-state index is 11.7. The summed E-state index contributed by atoms with van der Waals surface area (Å²) in [6, 6.07) is 3.08. The Hall–Kier alpha value is -1.37. The third kappa shape index (κ3) is 4.06. The number of nitrogens with two attached hydrogens (primary N) is 1. The van der Waals surface area contributed by atoms with Crippen molar-refractivity contribution in [2.75, 3.05) is 39.1 Å². The summed E-state index contributed by atoms with van der Waals surface area (Å²) in [6.45, 7) is 3.06. The van der Waals surface area contributed by atoms with Crippen LogP contribution in [-0.2, 0) is 11.3 Å². The predicted octanol–water partition coefficient (Wildman–Crippen LogP) is -0.0962. The summed E-state index contributed by atoms with van der Waals surface area (Å²) in [5, 5.41) is 10.4. The van der Waals surface area contributed by atoms with Gasteiger partial charge in [-0.2, -0.15) is 0 Å². The first-order valence-electron chi connectivity index (χ1n) is 6.93. The van der Waals surface area contributed by atoms with Crippen LogP contribution >= 0.6 is 0 Å². The van der Waals surface area contributed by atoms with Crippen LogP contribution < -0.4 is 11.3 Å². The molecule has 0 aliphatic carbocycles. The Labute approximate surface area is 118 Å². The molecule has 1 aromatic heterocycles. The van der Waals surface area contributed by atoms with Gasteiger partial charge in [0.25, 0.3) is 5.56 Å². The maximum atomic E-state index is 11.7. The number of likely N-dealkylation sites (N-methyl/N-ethyl adjacent to an activating group) is 1. The van der Waals surface area contributed by atoms with Crippen LogP contribution in [0.1, 0.15) is 12.8 Å². The molecule has 1 saturated heterocycles. The zero-order valence-electron chi connectivity index (χ0n) is 11.9. The van der Waals surface area contributed by atoms with Crippen molar-refractivity contribution < 1.29 is 9.84 Å². The number of ether oxygens (including phenoxy) is 1. The number of rotatable bonds is 5. The van der Waals surface area contributed by atoms with E-state index in [4.69, 9.17) is 10.5 Å². The van der Waals surface area contributed by atoms with Crippen molar-refractivity contribution in [1.29, 1.82) is 0 Å². The van der Waals surface area contributed by atoms with Crippen LogP contribution in [0, 0.1) is 0 Å². The molecule has 1 aliphatic heterocycles. The lowest BCUT2D eigenvalue weighted by Gasteiger charge is -2.35. The fourth-order valence-corrected chi connectivity index (χ4v) is 2.49. The molecule has 0 saturated carbocycles. The van der Waals surface area contributed by atoms with Gasteiger partial charge in [-0.3, -0.25) is 4.79 Å². The Kier molecular flexibility index (Phi) is 4.80. The van der Waals surface area contributed by atoms with Crippen molar-refractivity contribution in [1.82, 2.24) is 9.47 Å². The van der Waals surface area contributed by atoms with Crippen LogP contribution in [0.15, 0.2) is 23.1 Å². The summed E-state index contributed by atoms with van der Waals surface area (Å²) in [7, 11) is 1.95. The van der Waals surface area contributed by atoms with Gasteiger partial charge in [-0.15, -0.1) is 0 Å². The summed E-state index contributed by atoms with van der Waals surface area (Å²) in [5.74, 6) is 0. The Morgan fingerprint density at radius 3 is 2.85 bits per heavy atom. The highest BCUT2D eigenvalue weighted by Gasteiger charge is 2.30. The summed E-state index contributed by atoms with van der Waals surface area (Å²) in [6.07, 6.45) is 2.98. The summed E-state index contributed by atoms with van der Waals surface area (Å²) < 4.78 is 6.86. The number of hydrogen-bond donors (Lipinski definition) is 2. The average molecular weight is 281 g/mol. The van der Waals surface area contributed by atoms with Crippen LogP contribution in [-0.4, -0.2) is 53.5 Å². The smallest absolute Gasteiger partial charge is 0.250 e. The fourth-order valence-electron chi connectivity index (χ4n) is 2.49. The van der Waals surface area contributed by atoms with E-state index in [0.717, 1.165) is 0 Å². The molecule has 1 aliphatic rings. The third-order valence-electron chi connectivity index (χ3n) is 3.72. The van der Waals surface area contributed by atoms with Gasteiger partial charge in [0, 0.05) is 63.6 Å². The van der Waals surface area contributed by atoms with Gasteiger partial charge in [0.1, 0.15) is 0 Å². The van der Waals surface area contributed by atoms with Gasteiger partial charge < -0.3 is 25.0 Å². The second-order valence-corrected chi connectivity index (χ2v) is 5.57. The molecule has 0 radical (unpaired) electrons. The minimum atomic E-state index is -0.673. The molecule has 0 aromatic carbocycles. The van der Waals surface area contributed by atoms with Gasteiger partial charge in [-0.05, 0) is 13.1 Å². The minimum Gasteiger partial charge on any atom is -0.398 e. The lowest BCUT2D eigenvalue weighted by Crippen LogP contribution is -2.46. The largest absolute Gasteiger partial charge is 0.398 e. The first-order chi connectivity index (χ1) is 9.48. The van der Waals surface area contributed by atoms with Crippen LogP contribution in [0.3, 0.4) is 0 Å². The molecule has 0 unspecified atom stereocenters. The zero-order chi connectivity index (χ0) is 14.6. The number of nitrogens with zero attached hydrogens (tertiary/aromatic N) is 2. The van der Waals surface area contributed by atoms with E-state index in [1.165, 1.54) is 6.07 Å². The lowest BCUT2D eigenvalue weighted by atomic mass is 9.94. The number of aliphatic hydroxyl groups is 1. The van der Waals surface area contributed by atoms with E-state index in [1.807, 2.05) is 11.9 Å². The van der Waals surface area contributed by atoms with Gasteiger partial charge in [-0.25, -0.2) is 0 Å². The molecule has 1 fully saturated rings. The Morgan fingerprint density at radius 2 is 2.15 bits per heavy atom. The first-order valence-corrected chi connectivity index (χ1v) is 6.93. The second-order valence-electron chi connectivity index (χ2n) is 5.57. The molecule has 112 valence electrons. The van der Waals surface area contributed by atoms with Crippen molar-refractivity contribution in [3.05, 3.63) is 28.7 Å². The van der Waals surface area contributed by atoms with Crippen molar-refractivity contribution in [3.63, 3.8) is 0 Å². The van der Waals surface area contributed by atoms with E-state index < -0.39 is 5.60 Å². The summed E-state index contributed by atoms with van der Waals surface area (Å²) in [4.78, 5) is 13.7. The molecule has 2 rings (SSSR count). The Bertz CT molecular complexity index is 495. The molecule has 1 aromatic rings. The molecular weight excluding hydrogens is 258 g/mol. The van der Waals surface area contributed by atoms with Gasteiger partial charge in [0.15, 0.2) is 0 Å². The van der Waals surface area contributed by atoms with E-state index in [1.54, 1.807) is 16.8 Å². The molecule has 2 heterocycles.